The second kappa shape index (κ2) is 6.31. The van der Waals surface area contributed by atoms with E-state index in [-0.39, 0.29) is 18.2 Å². The number of rotatable bonds is 3. The Balaban J connectivity index is 0.00000147. The number of fused-ring (bicyclic) bond motifs is 1. The fourth-order valence-corrected chi connectivity index (χ4v) is 2.26. The molecule has 0 radical (unpaired) electrons. The van der Waals surface area contributed by atoms with E-state index in [1.807, 2.05) is 77.6 Å². The maximum absolute atomic E-state index is 12.4. The largest absolute Gasteiger partial charge is 1.00 e. The lowest BCUT2D eigenvalue weighted by Crippen LogP contribution is -3.00. The maximum atomic E-state index is 12.4. The number of pyridine rings is 1. The predicted molar refractivity (Wildman–Crippen MR) is 74.9 cm³/mol. The van der Waals surface area contributed by atoms with Crippen molar-refractivity contribution in [3.63, 3.8) is 0 Å². The van der Waals surface area contributed by atoms with E-state index in [0.717, 1.165) is 16.3 Å². The van der Waals surface area contributed by atoms with Crippen LogP contribution in [0.15, 0.2) is 73.1 Å². The van der Waals surface area contributed by atoms with Crippen LogP contribution in [0.2, 0.25) is 0 Å². The summed E-state index contributed by atoms with van der Waals surface area (Å²) in [5.74, 6) is 0.132. The number of hydrogen-bond donors (Lipinski definition) is 0. The molecule has 100 valence electrons. The molecule has 0 N–H and O–H groups in total. The van der Waals surface area contributed by atoms with Gasteiger partial charge in [-0.1, -0.05) is 48.5 Å². The summed E-state index contributed by atoms with van der Waals surface area (Å²) in [5, 5.41) is 2.12. The van der Waals surface area contributed by atoms with Gasteiger partial charge in [0.05, 0.1) is 0 Å². The van der Waals surface area contributed by atoms with Gasteiger partial charge in [-0.3, -0.25) is 4.79 Å². The van der Waals surface area contributed by atoms with E-state index in [9.17, 15) is 4.79 Å². The minimum atomic E-state index is 0. The van der Waals surface area contributed by atoms with Gasteiger partial charge in [-0.15, -0.1) is 0 Å². The van der Waals surface area contributed by atoms with Gasteiger partial charge in [0.1, 0.15) is 0 Å². The number of nitrogens with zero attached hydrogens (tertiary/aromatic N) is 1. The van der Waals surface area contributed by atoms with Crippen molar-refractivity contribution in [3.8, 4) is 0 Å². The van der Waals surface area contributed by atoms with E-state index in [2.05, 4.69) is 0 Å². The molecule has 3 rings (SSSR count). The average molecular weight is 284 g/mol. The molecule has 2 nitrogen and oxygen atoms in total. The molecule has 2 aromatic carbocycles. The van der Waals surface area contributed by atoms with Crippen LogP contribution in [-0.4, -0.2) is 5.78 Å². The molecule has 0 amide bonds. The third kappa shape index (κ3) is 2.86. The standard InChI is InChI=1S/C17H14NO.ClH/c19-17(13-18-11-4-1-5-12-18)16-10-6-8-14-7-2-3-9-15(14)16;/h1-12H,13H2;1H/q+1;/p-1. The van der Waals surface area contributed by atoms with Gasteiger partial charge in [0, 0.05) is 17.7 Å². The van der Waals surface area contributed by atoms with Gasteiger partial charge in [-0.25, -0.2) is 0 Å². The van der Waals surface area contributed by atoms with Crippen molar-refractivity contribution in [1.29, 1.82) is 0 Å². The topological polar surface area (TPSA) is 20.9 Å². The highest BCUT2D eigenvalue weighted by atomic mass is 35.5. The van der Waals surface area contributed by atoms with Crippen LogP contribution in [0.5, 0.6) is 0 Å². The van der Waals surface area contributed by atoms with Crippen LogP contribution in [0.4, 0.5) is 0 Å². The summed E-state index contributed by atoms with van der Waals surface area (Å²) < 4.78 is 1.89. The molecule has 0 fully saturated rings. The number of benzene rings is 2. The molecule has 3 heteroatoms. The Labute approximate surface area is 124 Å². The Morgan fingerprint density at radius 1 is 0.850 bits per heavy atom. The molecule has 0 aliphatic rings. The molecule has 0 saturated carbocycles. The summed E-state index contributed by atoms with van der Waals surface area (Å²) in [6.07, 6.45) is 3.81. The first-order valence-corrected chi connectivity index (χ1v) is 6.30. The van der Waals surface area contributed by atoms with Crippen molar-refractivity contribution in [2.75, 3.05) is 0 Å². The molecule has 0 aliphatic carbocycles. The zero-order chi connectivity index (χ0) is 13.1. The van der Waals surface area contributed by atoms with E-state index in [1.165, 1.54) is 0 Å². The molecule has 1 heterocycles. The van der Waals surface area contributed by atoms with Crippen LogP contribution in [0.3, 0.4) is 0 Å². The second-order valence-electron chi connectivity index (χ2n) is 4.50. The van der Waals surface area contributed by atoms with Crippen LogP contribution in [0.1, 0.15) is 10.4 Å². The molecule has 0 saturated heterocycles. The summed E-state index contributed by atoms with van der Waals surface area (Å²) in [6.45, 7) is 0.370. The molecule has 0 spiro atoms. The highest BCUT2D eigenvalue weighted by molar-refractivity contribution is 6.07. The fourth-order valence-electron chi connectivity index (χ4n) is 2.26. The number of aromatic nitrogens is 1. The molecule has 0 atom stereocenters. The van der Waals surface area contributed by atoms with E-state index in [4.69, 9.17) is 0 Å². The summed E-state index contributed by atoms with van der Waals surface area (Å²) in [4.78, 5) is 12.4. The maximum Gasteiger partial charge on any atom is 0.228 e. The molecule has 0 unspecified atom stereocenters. The molecule has 20 heavy (non-hydrogen) atoms. The highest BCUT2D eigenvalue weighted by Gasteiger charge is 2.13. The second-order valence-corrected chi connectivity index (χ2v) is 4.50. The van der Waals surface area contributed by atoms with Crippen molar-refractivity contribution < 1.29 is 21.8 Å². The van der Waals surface area contributed by atoms with Crippen LogP contribution in [0.25, 0.3) is 10.8 Å². The van der Waals surface area contributed by atoms with Gasteiger partial charge in [0.25, 0.3) is 0 Å². The lowest BCUT2D eigenvalue weighted by atomic mass is 10.0. The summed E-state index contributed by atoms with van der Waals surface area (Å²) in [6, 6.07) is 19.6. The number of Topliss-reactive ketones (excluding diaryl/α,β-unsaturated/α-hetero) is 1. The molecule has 0 aliphatic heterocycles. The first-order valence-electron chi connectivity index (χ1n) is 6.30. The monoisotopic (exact) mass is 283 g/mol. The van der Waals surface area contributed by atoms with E-state index >= 15 is 0 Å². The number of hydrogen-bond acceptors (Lipinski definition) is 1. The quantitative estimate of drug-likeness (QED) is 0.490. The Hall–Kier alpha value is -2.19. The van der Waals surface area contributed by atoms with Crippen LogP contribution >= 0.6 is 0 Å². The van der Waals surface area contributed by atoms with E-state index < -0.39 is 0 Å². The van der Waals surface area contributed by atoms with E-state index in [0.29, 0.717) is 6.54 Å². The average Bonchev–Trinajstić information content (AvgIpc) is 2.47. The zero-order valence-corrected chi connectivity index (χ0v) is 11.6. The third-order valence-corrected chi connectivity index (χ3v) is 3.19. The minimum Gasteiger partial charge on any atom is -1.00 e. The van der Waals surface area contributed by atoms with Crippen molar-refractivity contribution >= 4 is 16.6 Å². The number of ketones is 1. The van der Waals surface area contributed by atoms with Crippen molar-refractivity contribution in [3.05, 3.63) is 78.6 Å². The first kappa shape index (κ1) is 14.2. The van der Waals surface area contributed by atoms with Crippen LogP contribution < -0.4 is 17.0 Å². The number of halogens is 1. The number of carbonyl (C=O) groups is 1. The fraction of sp³-hybridized carbons (Fsp3) is 0.0588. The van der Waals surface area contributed by atoms with E-state index in [1.54, 1.807) is 0 Å². The normalized spacial score (nSPS) is 10.0. The van der Waals surface area contributed by atoms with Crippen molar-refractivity contribution in [2.24, 2.45) is 0 Å². The van der Waals surface area contributed by atoms with Crippen molar-refractivity contribution in [1.82, 2.24) is 0 Å². The minimum absolute atomic E-state index is 0. The predicted octanol–water partition coefficient (Wildman–Crippen LogP) is 0.0142. The molecular formula is C17H14ClNO. The number of carbonyl (C=O) groups excluding carboxylic acids is 1. The van der Waals surface area contributed by atoms with Crippen molar-refractivity contribution in [2.45, 2.75) is 6.54 Å². The highest BCUT2D eigenvalue weighted by Crippen LogP contribution is 2.18. The van der Waals surface area contributed by atoms with Gasteiger partial charge >= 0.3 is 0 Å². The third-order valence-electron chi connectivity index (χ3n) is 3.19. The molecule has 3 aromatic rings. The lowest BCUT2D eigenvalue weighted by molar-refractivity contribution is -0.683. The zero-order valence-electron chi connectivity index (χ0n) is 10.9. The van der Waals surface area contributed by atoms with Gasteiger partial charge in [-0.2, -0.15) is 4.57 Å². The lowest BCUT2D eigenvalue weighted by Gasteiger charge is -2.03. The molecular weight excluding hydrogens is 270 g/mol. The Kier molecular flexibility index (Phi) is 4.49. The summed E-state index contributed by atoms with van der Waals surface area (Å²) in [7, 11) is 0. The van der Waals surface area contributed by atoms with Gasteiger partial charge in [0.2, 0.25) is 12.3 Å². The van der Waals surface area contributed by atoms with Gasteiger partial charge < -0.3 is 12.4 Å². The Bertz CT molecular complexity index is 720. The van der Waals surface area contributed by atoms with Crippen LogP contribution in [-0.2, 0) is 6.54 Å². The Morgan fingerprint density at radius 2 is 1.55 bits per heavy atom. The summed E-state index contributed by atoms with van der Waals surface area (Å²) in [5.41, 5.74) is 0.787. The Morgan fingerprint density at radius 3 is 2.35 bits per heavy atom. The molecule has 0 bridgehead atoms. The van der Waals surface area contributed by atoms with Gasteiger partial charge in [0.15, 0.2) is 12.4 Å². The first-order chi connectivity index (χ1) is 9.34. The van der Waals surface area contributed by atoms with Crippen LogP contribution in [0, 0.1) is 0 Å². The van der Waals surface area contributed by atoms with Gasteiger partial charge in [-0.05, 0) is 10.8 Å². The molecule has 1 aromatic heterocycles. The summed E-state index contributed by atoms with van der Waals surface area (Å²) >= 11 is 0. The smallest absolute Gasteiger partial charge is 0.228 e. The SMILES string of the molecule is O=C(C[n+]1ccccc1)c1cccc2ccccc12.[Cl-].